The zero-order valence-electron chi connectivity index (χ0n) is 16.9. The molecule has 0 aliphatic carbocycles. The average molecular weight is 419 g/mol. The molecule has 11 nitrogen and oxygen atoms in total. The third-order valence-corrected chi connectivity index (χ3v) is 5.27. The number of carbonyl (C=O) groups excluding carboxylic acids is 1. The Morgan fingerprint density at radius 3 is 2.90 bits per heavy atom. The molecule has 4 aromatic rings. The lowest BCUT2D eigenvalue weighted by molar-refractivity contribution is 0.0940. The van der Waals surface area contributed by atoms with E-state index in [1.807, 2.05) is 29.7 Å². The van der Waals surface area contributed by atoms with Crippen molar-refractivity contribution in [3.63, 3.8) is 0 Å². The molecule has 5 heterocycles. The first-order chi connectivity index (χ1) is 15.1. The first-order valence-electron chi connectivity index (χ1n) is 9.94. The van der Waals surface area contributed by atoms with Crippen molar-refractivity contribution in [1.82, 2.24) is 39.7 Å². The minimum atomic E-state index is -0.377. The Morgan fingerprint density at radius 1 is 1.29 bits per heavy atom. The molecule has 1 atom stereocenters. The van der Waals surface area contributed by atoms with E-state index in [4.69, 9.17) is 10.5 Å². The summed E-state index contributed by atoms with van der Waals surface area (Å²) in [5, 5.41) is 11.2. The van der Waals surface area contributed by atoms with Gasteiger partial charge in [0.25, 0.3) is 5.91 Å². The molecular formula is C20H21N9O2. The van der Waals surface area contributed by atoms with Crippen LogP contribution in [0.1, 0.15) is 22.6 Å². The topological polar surface area (TPSA) is 138 Å². The van der Waals surface area contributed by atoms with Crippen LogP contribution in [0.3, 0.4) is 0 Å². The first kappa shape index (κ1) is 19.1. The molecule has 31 heavy (non-hydrogen) atoms. The number of hydrogen-bond donors (Lipinski definition) is 2. The van der Waals surface area contributed by atoms with Crippen molar-refractivity contribution >= 4 is 17.4 Å². The number of pyridine rings is 1. The second-order valence-corrected chi connectivity index (χ2v) is 7.43. The van der Waals surface area contributed by atoms with E-state index >= 15 is 0 Å². The number of nitrogens with zero attached hydrogens (tertiary/aromatic N) is 7. The number of amides is 1. The van der Waals surface area contributed by atoms with Gasteiger partial charge in [-0.05, 0) is 25.5 Å². The molecule has 5 rings (SSSR count). The molecule has 0 bridgehead atoms. The number of nitrogens with one attached hydrogen (secondary N) is 1. The second kappa shape index (κ2) is 7.76. The van der Waals surface area contributed by atoms with Crippen LogP contribution in [0.5, 0.6) is 0 Å². The molecular weight excluding hydrogens is 398 g/mol. The standard InChI is InChI=1S/C20H21N9O2/c1-12-8-22-15-3-2-14(10-28(12)15)16-19(29-24-5-6-25-29)27-18(21)17(26-16)20(30)23-9-13-4-7-31-11-13/h2-3,5-6,8,10,13H,4,7,9,11H2,1H3,(H2,21,27)(H,23,30)/t13-/m1/s1. The van der Waals surface area contributed by atoms with Gasteiger partial charge in [-0.1, -0.05) is 0 Å². The molecule has 1 aliphatic heterocycles. The summed E-state index contributed by atoms with van der Waals surface area (Å²) in [6, 6.07) is 3.74. The maximum Gasteiger partial charge on any atom is 0.273 e. The number of carbonyl (C=O) groups is 1. The molecule has 0 spiro atoms. The van der Waals surface area contributed by atoms with Crippen LogP contribution in [0.4, 0.5) is 5.82 Å². The normalized spacial score (nSPS) is 16.1. The molecule has 4 aromatic heterocycles. The number of nitrogens with two attached hydrogens (primary N) is 1. The predicted molar refractivity (Wildman–Crippen MR) is 112 cm³/mol. The van der Waals surface area contributed by atoms with Crippen molar-refractivity contribution < 1.29 is 9.53 Å². The van der Waals surface area contributed by atoms with Gasteiger partial charge >= 0.3 is 0 Å². The molecule has 0 radical (unpaired) electrons. The van der Waals surface area contributed by atoms with Gasteiger partial charge in [0.2, 0.25) is 5.82 Å². The molecule has 1 amide bonds. The number of fused-ring (bicyclic) bond motifs is 1. The van der Waals surface area contributed by atoms with E-state index in [1.54, 1.807) is 6.20 Å². The van der Waals surface area contributed by atoms with E-state index in [1.165, 1.54) is 17.2 Å². The fourth-order valence-corrected chi connectivity index (χ4v) is 3.57. The SMILES string of the molecule is Cc1cnc2ccc(-c3nc(C(=O)NC[C@H]4CCOC4)c(N)nc3-n3nccn3)cn12. The Balaban J connectivity index is 1.57. The lowest BCUT2D eigenvalue weighted by atomic mass is 10.1. The maximum absolute atomic E-state index is 12.8. The maximum atomic E-state index is 12.8. The molecule has 1 fully saturated rings. The molecule has 1 aliphatic rings. The van der Waals surface area contributed by atoms with E-state index in [-0.39, 0.29) is 23.3 Å². The van der Waals surface area contributed by atoms with E-state index in [9.17, 15) is 4.79 Å². The van der Waals surface area contributed by atoms with Crippen LogP contribution < -0.4 is 11.1 Å². The summed E-state index contributed by atoms with van der Waals surface area (Å²) >= 11 is 0. The van der Waals surface area contributed by atoms with Crippen molar-refractivity contribution in [2.75, 3.05) is 25.5 Å². The molecule has 158 valence electrons. The van der Waals surface area contributed by atoms with Gasteiger partial charge in [-0.3, -0.25) is 4.79 Å². The Kier molecular flexibility index (Phi) is 4.79. The van der Waals surface area contributed by atoms with Crippen molar-refractivity contribution in [2.24, 2.45) is 5.92 Å². The highest BCUT2D eigenvalue weighted by atomic mass is 16.5. The lowest BCUT2D eigenvalue weighted by Crippen LogP contribution is -2.31. The summed E-state index contributed by atoms with van der Waals surface area (Å²) in [7, 11) is 0. The highest BCUT2D eigenvalue weighted by Gasteiger charge is 2.23. The third kappa shape index (κ3) is 3.59. The van der Waals surface area contributed by atoms with E-state index in [0.29, 0.717) is 31.3 Å². The van der Waals surface area contributed by atoms with Crippen molar-refractivity contribution in [3.8, 4) is 17.1 Å². The van der Waals surface area contributed by atoms with Gasteiger partial charge < -0.3 is 20.2 Å². The fraction of sp³-hybridized carbons (Fsp3) is 0.300. The molecule has 3 N–H and O–H groups in total. The Labute approximate surface area is 177 Å². The van der Waals surface area contributed by atoms with Gasteiger partial charge in [0, 0.05) is 42.7 Å². The van der Waals surface area contributed by atoms with Gasteiger partial charge in [0.05, 0.1) is 19.0 Å². The first-order valence-corrected chi connectivity index (χ1v) is 9.94. The minimum absolute atomic E-state index is 0.0103. The average Bonchev–Trinajstić information content (AvgIpc) is 3.55. The molecule has 0 unspecified atom stereocenters. The summed E-state index contributed by atoms with van der Waals surface area (Å²) in [6.07, 6.45) is 7.67. The summed E-state index contributed by atoms with van der Waals surface area (Å²) in [6.45, 7) is 3.81. The minimum Gasteiger partial charge on any atom is -0.382 e. The number of aryl methyl sites for hydroxylation is 1. The Hall–Kier alpha value is -3.86. The van der Waals surface area contributed by atoms with Gasteiger partial charge in [-0.2, -0.15) is 10.2 Å². The van der Waals surface area contributed by atoms with Crippen LogP contribution >= 0.6 is 0 Å². The quantitative estimate of drug-likeness (QED) is 0.489. The largest absolute Gasteiger partial charge is 0.382 e. The molecule has 0 aromatic carbocycles. The summed E-state index contributed by atoms with van der Waals surface area (Å²) < 4.78 is 7.30. The Bertz CT molecular complexity index is 1240. The molecule has 0 saturated carbocycles. The summed E-state index contributed by atoms with van der Waals surface area (Å²) in [5.74, 6) is 0.256. The summed E-state index contributed by atoms with van der Waals surface area (Å²) in [5.41, 5.74) is 9.12. The van der Waals surface area contributed by atoms with Gasteiger partial charge in [0.1, 0.15) is 11.3 Å². The zero-order valence-corrected chi connectivity index (χ0v) is 16.9. The number of rotatable bonds is 5. The highest BCUT2D eigenvalue weighted by molar-refractivity contribution is 5.97. The number of ether oxygens (including phenoxy) is 1. The predicted octanol–water partition coefficient (Wildman–Crippen LogP) is 1.03. The van der Waals surface area contributed by atoms with E-state index in [0.717, 1.165) is 23.3 Å². The highest BCUT2D eigenvalue weighted by Crippen LogP contribution is 2.26. The van der Waals surface area contributed by atoms with E-state index in [2.05, 4.69) is 30.5 Å². The van der Waals surface area contributed by atoms with E-state index < -0.39 is 0 Å². The van der Waals surface area contributed by atoms with Crippen LogP contribution in [-0.2, 0) is 4.74 Å². The third-order valence-electron chi connectivity index (χ3n) is 5.27. The zero-order chi connectivity index (χ0) is 21.4. The molecule has 11 heteroatoms. The number of anilines is 1. The van der Waals surface area contributed by atoms with Gasteiger partial charge in [-0.15, -0.1) is 4.80 Å². The summed E-state index contributed by atoms with van der Waals surface area (Å²) in [4.78, 5) is 27.6. The Morgan fingerprint density at radius 2 is 2.13 bits per heavy atom. The van der Waals surface area contributed by atoms with Gasteiger partial charge in [0.15, 0.2) is 11.5 Å². The number of imidazole rings is 1. The van der Waals surface area contributed by atoms with Crippen molar-refractivity contribution in [1.29, 1.82) is 0 Å². The van der Waals surface area contributed by atoms with Crippen LogP contribution in [0.25, 0.3) is 22.7 Å². The van der Waals surface area contributed by atoms with Crippen LogP contribution in [0.2, 0.25) is 0 Å². The van der Waals surface area contributed by atoms with Crippen LogP contribution in [-0.4, -0.2) is 60.0 Å². The number of hydrogen-bond acceptors (Lipinski definition) is 8. The van der Waals surface area contributed by atoms with Crippen molar-refractivity contribution in [2.45, 2.75) is 13.3 Å². The molecule has 1 saturated heterocycles. The number of nitrogen functional groups attached to an aromatic ring is 1. The van der Waals surface area contributed by atoms with Crippen LogP contribution in [0.15, 0.2) is 36.9 Å². The van der Waals surface area contributed by atoms with Crippen molar-refractivity contribution in [3.05, 3.63) is 48.3 Å². The van der Waals surface area contributed by atoms with Gasteiger partial charge in [-0.25, -0.2) is 15.0 Å². The number of aromatic nitrogens is 7. The fourth-order valence-electron chi connectivity index (χ4n) is 3.57. The van der Waals surface area contributed by atoms with Crippen LogP contribution in [0, 0.1) is 12.8 Å². The second-order valence-electron chi connectivity index (χ2n) is 7.43. The smallest absolute Gasteiger partial charge is 0.273 e. The monoisotopic (exact) mass is 419 g/mol. The lowest BCUT2D eigenvalue weighted by Gasteiger charge is -2.13.